The van der Waals surface area contributed by atoms with E-state index in [1.807, 2.05) is 0 Å². The maximum absolute atomic E-state index is 5.67. The van der Waals surface area contributed by atoms with E-state index < -0.39 is 0 Å². The number of nitrogens with one attached hydrogen (secondary N) is 1. The molecule has 0 bridgehead atoms. The monoisotopic (exact) mass is 238 g/mol. The number of hydrogen-bond donors (Lipinski definition) is 2. The van der Waals surface area contributed by atoms with Gasteiger partial charge in [-0.1, -0.05) is 33.1 Å². The van der Waals surface area contributed by atoms with E-state index in [1.165, 1.54) is 25.0 Å². The standard InChI is InChI=1S/C13H26N4/c1-4-7-8-9-12(15-14)13-10-11(5-2)16-17(13)6-3/h10,12,15H,4-9,14H2,1-3H3. The van der Waals surface area contributed by atoms with Crippen LogP contribution in [-0.4, -0.2) is 9.78 Å². The lowest BCUT2D eigenvalue weighted by Gasteiger charge is -2.16. The van der Waals surface area contributed by atoms with Gasteiger partial charge >= 0.3 is 0 Å². The Morgan fingerprint density at radius 3 is 2.65 bits per heavy atom. The van der Waals surface area contributed by atoms with Crippen molar-refractivity contribution >= 4 is 0 Å². The first kappa shape index (κ1) is 14.2. The van der Waals surface area contributed by atoms with Crippen LogP contribution in [0.5, 0.6) is 0 Å². The van der Waals surface area contributed by atoms with E-state index >= 15 is 0 Å². The van der Waals surface area contributed by atoms with Gasteiger partial charge < -0.3 is 0 Å². The molecule has 4 heteroatoms. The fourth-order valence-electron chi connectivity index (χ4n) is 2.11. The molecule has 1 heterocycles. The maximum atomic E-state index is 5.67. The topological polar surface area (TPSA) is 55.9 Å². The number of unbranched alkanes of at least 4 members (excludes halogenated alkanes) is 2. The van der Waals surface area contributed by atoms with Gasteiger partial charge in [0.25, 0.3) is 0 Å². The van der Waals surface area contributed by atoms with E-state index in [0.29, 0.717) is 0 Å². The lowest BCUT2D eigenvalue weighted by Crippen LogP contribution is -2.29. The molecule has 0 aliphatic rings. The molecule has 3 N–H and O–H groups in total. The van der Waals surface area contributed by atoms with E-state index in [4.69, 9.17) is 5.84 Å². The van der Waals surface area contributed by atoms with E-state index in [1.54, 1.807) is 0 Å². The predicted octanol–water partition coefficient (Wildman–Crippen LogP) is 2.55. The molecule has 1 unspecified atom stereocenters. The molecule has 0 fully saturated rings. The predicted molar refractivity (Wildman–Crippen MR) is 71.5 cm³/mol. The van der Waals surface area contributed by atoms with Gasteiger partial charge in [-0.15, -0.1) is 0 Å². The summed E-state index contributed by atoms with van der Waals surface area (Å²) in [6.45, 7) is 7.38. The second-order valence-electron chi connectivity index (χ2n) is 4.44. The van der Waals surface area contributed by atoms with Crippen LogP contribution in [0.4, 0.5) is 0 Å². The normalized spacial score (nSPS) is 12.9. The molecule has 0 spiro atoms. The quantitative estimate of drug-likeness (QED) is 0.416. The van der Waals surface area contributed by atoms with Crippen LogP contribution < -0.4 is 11.3 Å². The smallest absolute Gasteiger partial charge is 0.0629 e. The van der Waals surface area contributed by atoms with Gasteiger partial charge in [0.1, 0.15) is 0 Å². The molecule has 0 radical (unpaired) electrons. The van der Waals surface area contributed by atoms with Crippen LogP contribution in [0.2, 0.25) is 0 Å². The Bertz CT molecular complexity index is 319. The van der Waals surface area contributed by atoms with Crippen molar-refractivity contribution < 1.29 is 0 Å². The summed E-state index contributed by atoms with van der Waals surface area (Å²) in [6.07, 6.45) is 5.77. The Morgan fingerprint density at radius 1 is 1.35 bits per heavy atom. The van der Waals surface area contributed by atoms with Crippen LogP contribution >= 0.6 is 0 Å². The molecule has 0 aliphatic heterocycles. The minimum Gasteiger partial charge on any atom is -0.271 e. The van der Waals surface area contributed by atoms with Crippen molar-refractivity contribution in [3.05, 3.63) is 17.5 Å². The molecule has 98 valence electrons. The highest BCUT2D eigenvalue weighted by Gasteiger charge is 2.15. The summed E-state index contributed by atoms with van der Waals surface area (Å²) in [5.41, 5.74) is 5.30. The fraction of sp³-hybridized carbons (Fsp3) is 0.769. The molecule has 1 rings (SSSR count). The van der Waals surface area contributed by atoms with E-state index in [2.05, 4.69) is 42.0 Å². The minimum atomic E-state index is 0.231. The Balaban J connectivity index is 2.75. The summed E-state index contributed by atoms with van der Waals surface area (Å²) in [7, 11) is 0. The van der Waals surface area contributed by atoms with E-state index in [-0.39, 0.29) is 6.04 Å². The third kappa shape index (κ3) is 3.82. The van der Waals surface area contributed by atoms with Crippen LogP contribution in [0.25, 0.3) is 0 Å². The molecule has 0 aromatic carbocycles. The first-order chi connectivity index (χ1) is 8.26. The molecular weight excluding hydrogens is 212 g/mol. The Kier molecular flexibility index (Phi) is 6.22. The van der Waals surface area contributed by atoms with E-state index in [9.17, 15) is 0 Å². The molecule has 0 amide bonds. The summed E-state index contributed by atoms with van der Waals surface area (Å²) < 4.78 is 2.06. The third-order valence-corrected chi connectivity index (χ3v) is 3.18. The van der Waals surface area contributed by atoms with Crippen molar-refractivity contribution in [2.75, 3.05) is 0 Å². The highest BCUT2D eigenvalue weighted by molar-refractivity contribution is 5.14. The summed E-state index contributed by atoms with van der Waals surface area (Å²) in [5, 5.41) is 4.57. The number of nitrogens with two attached hydrogens (primary N) is 1. The van der Waals surface area contributed by atoms with Gasteiger partial charge in [0.05, 0.1) is 17.4 Å². The first-order valence-electron chi connectivity index (χ1n) is 6.79. The molecule has 0 saturated carbocycles. The molecule has 0 saturated heterocycles. The lowest BCUT2D eigenvalue weighted by molar-refractivity contribution is 0.447. The Morgan fingerprint density at radius 2 is 2.12 bits per heavy atom. The van der Waals surface area contributed by atoms with Crippen molar-refractivity contribution in [2.45, 2.75) is 65.5 Å². The number of rotatable bonds is 8. The van der Waals surface area contributed by atoms with Crippen molar-refractivity contribution in [1.29, 1.82) is 0 Å². The second-order valence-corrected chi connectivity index (χ2v) is 4.44. The average molecular weight is 238 g/mol. The summed E-state index contributed by atoms with van der Waals surface area (Å²) in [5.74, 6) is 5.67. The summed E-state index contributed by atoms with van der Waals surface area (Å²) >= 11 is 0. The van der Waals surface area contributed by atoms with Crippen LogP contribution in [0, 0.1) is 0 Å². The second kappa shape index (κ2) is 7.45. The zero-order valence-electron chi connectivity index (χ0n) is 11.4. The lowest BCUT2D eigenvalue weighted by atomic mass is 10.1. The average Bonchev–Trinajstić information content (AvgIpc) is 2.78. The summed E-state index contributed by atoms with van der Waals surface area (Å²) in [4.78, 5) is 0. The molecule has 1 atom stereocenters. The molecule has 0 aliphatic carbocycles. The Labute approximate surface area is 105 Å². The van der Waals surface area contributed by atoms with Gasteiger partial charge in [0.2, 0.25) is 0 Å². The van der Waals surface area contributed by atoms with E-state index in [0.717, 1.165) is 25.1 Å². The van der Waals surface area contributed by atoms with Crippen molar-refractivity contribution in [1.82, 2.24) is 15.2 Å². The zero-order valence-corrected chi connectivity index (χ0v) is 11.4. The van der Waals surface area contributed by atoms with Crippen molar-refractivity contribution in [3.8, 4) is 0 Å². The Hall–Kier alpha value is -0.870. The molecule has 4 nitrogen and oxygen atoms in total. The minimum absolute atomic E-state index is 0.231. The number of hydrogen-bond acceptors (Lipinski definition) is 3. The van der Waals surface area contributed by atoms with Gasteiger partial charge in [-0.3, -0.25) is 16.0 Å². The summed E-state index contributed by atoms with van der Waals surface area (Å²) in [6, 6.07) is 2.41. The van der Waals surface area contributed by atoms with Crippen molar-refractivity contribution in [3.63, 3.8) is 0 Å². The van der Waals surface area contributed by atoms with Crippen LogP contribution in [0.3, 0.4) is 0 Å². The SMILES string of the molecule is CCCCCC(NN)c1cc(CC)nn1CC. The molecule has 17 heavy (non-hydrogen) atoms. The number of nitrogens with zero attached hydrogens (tertiary/aromatic N) is 2. The molecule has 1 aromatic rings. The fourth-order valence-corrected chi connectivity index (χ4v) is 2.11. The van der Waals surface area contributed by atoms with Crippen LogP contribution in [-0.2, 0) is 13.0 Å². The van der Waals surface area contributed by atoms with Gasteiger partial charge in [-0.2, -0.15) is 5.10 Å². The number of aryl methyl sites for hydroxylation is 2. The zero-order chi connectivity index (χ0) is 12.7. The highest BCUT2D eigenvalue weighted by atomic mass is 15.3. The number of aromatic nitrogens is 2. The third-order valence-electron chi connectivity index (χ3n) is 3.18. The molecule has 1 aromatic heterocycles. The van der Waals surface area contributed by atoms with Crippen LogP contribution in [0.1, 0.15) is 63.9 Å². The van der Waals surface area contributed by atoms with Gasteiger partial charge in [0, 0.05) is 6.54 Å². The number of hydrazine groups is 1. The van der Waals surface area contributed by atoms with Gasteiger partial charge in [-0.05, 0) is 25.8 Å². The van der Waals surface area contributed by atoms with Crippen LogP contribution in [0.15, 0.2) is 6.07 Å². The highest BCUT2D eigenvalue weighted by Crippen LogP contribution is 2.20. The van der Waals surface area contributed by atoms with Gasteiger partial charge in [0.15, 0.2) is 0 Å². The largest absolute Gasteiger partial charge is 0.271 e. The first-order valence-corrected chi connectivity index (χ1v) is 6.79. The maximum Gasteiger partial charge on any atom is 0.0629 e. The van der Waals surface area contributed by atoms with Crippen molar-refractivity contribution in [2.24, 2.45) is 5.84 Å². The molecular formula is C13H26N4. The van der Waals surface area contributed by atoms with Gasteiger partial charge in [-0.25, -0.2) is 0 Å².